The summed E-state index contributed by atoms with van der Waals surface area (Å²) in [5, 5.41) is 8.29. The molecule has 0 aliphatic carbocycles. The van der Waals surface area contributed by atoms with Gasteiger partial charge >= 0.3 is 5.97 Å². The van der Waals surface area contributed by atoms with Gasteiger partial charge in [0.2, 0.25) is 3.79 Å². The van der Waals surface area contributed by atoms with E-state index in [1.54, 1.807) is 0 Å². The Hall–Kier alpha value is 0.300. The van der Waals surface area contributed by atoms with Gasteiger partial charge in [-0.05, 0) is 0 Å². The molecule has 58 valence electrons. The molecular formula is C4H3Cl3O3. The minimum atomic E-state index is -1.62. The SMILES string of the molecule is O=C(O)C1OC1C(Cl)(Cl)Cl. The number of carboxylic acids is 1. The Labute approximate surface area is 71.8 Å². The van der Waals surface area contributed by atoms with Crippen LogP contribution in [0.3, 0.4) is 0 Å². The van der Waals surface area contributed by atoms with Crippen LogP contribution >= 0.6 is 34.8 Å². The molecule has 1 fully saturated rings. The van der Waals surface area contributed by atoms with Crippen LogP contribution in [0.15, 0.2) is 0 Å². The van der Waals surface area contributed by atoms with Gasteiger partial charge in [-0.1, -0.05) is 34.8 Å². The van der Waals surface area contributed by atoms with Crippen molar-refractivity contribution >= 4 is 40.8 Å². The second-order valence-electron chi connectivity index (χ2n) is 1.86. The lowest BCUT2D eigenvalue weighted by Crippen LogP contribution is -2.19. The van der Waals surface area contributed by atoms with Gasteiger partial charge in [-0.2, -0.15) is 0 Å². The third kappa shape index (κ3) is 1.66. The largest absolute Gasteiger partial charge is 0.479 e. The molecule has 1 aliphatic rings. The lowest BCUT2D eigenvalue weighted by Gasteiger charge is -2.03. The molecule has 1 heterocycles. The van der Waals surface area contributed by atoms with E-state index >= 15 is 0 Å². The Morgan fingerprint density at radius 1 is 1.50 bits per heavy atom. The van der Waals surface area contributed by atoms with Crippen LogP contribution in [0.4, 0.5) is 0 Å². The summed E-state index contributed by atoms with van der Waals surface area (Å²) in [5.41, 5.74) is 0. The van der Waals surface area contributed by atoms with E-state index in [1.807, 2.05) is 0 Å². The fourth-order valence-corrected chi connectivity index (χ4v) is 1.05. The van der Waals surface area contributed by atoms with Crippen molar-refractivity contribution in [1.29, 1.82) is 0 Å². The second kappa shape index (κ2) is 2.41. The first kappa shape index (κ1) is 8.40. The van der Waals surface area contributed by atoms with Gasteiger partial charge in [0.1, 0.15) is 6.10 Å². The lowest BCUT2D eigenvalue weighted by molar-refractivity contribution is -0.138. The highest BCUT2D eigenvalue weighted by atomic mass is 35.6. The molecule has 1 N–H and O–H groups in total. The van der Waals surface area contributed by atoms with Gasteiger partial charge in [0.25, 0.3) is 0 Å². The maximum absolute atomic E-state index is 10.1. The Morgan fingerprint density at radius 3 is 2.10 bits per heavy atom. The van der Waals surface area contributed by atoms with E-state index in [-0.39, 0.29) is 0 Å². The Morgan fingerprint density at radius 2 is 2.00 bits per heavy atom. The first-order valence-electron chi connectivity index (χ1n) is 2.38. The monoisotopic (exact) mass is 204 g/mol. The zero-order valence-electron chi connectivity index (χ0n) is 4.55. The van der Waals surface area contributed by atoms with E-state index in [9.17, 15) is 4.79 Å². The standard InChI is InChI=1S/C4H3Cl3O3/c5-4(6,7)2-1(10-2)3(8)9/h1-2H,(H,8,9). The Balaban J connectivity index is 2.46. The summed E-state index contributed by atoms with van der Waals surface area (Å²) in [7, 11) is 0. The summed E-state index contributed by atoms with van der Waals surface area (Å²) < 4.78 is 2.93. The summed E-state index contributed by atoms with van der Waals surface area (Å²) in [6, 6.07) is 0. The number of rotatable bonds is 1. The van der Waals surface area contributed by atoms with Gasteiger partial charge in [-0.25, -0.2) is 4.79 Å². The van der Waals surface area contributed by atoms with E-state index in [0.717, 1.165) is 0 Å². The number of epoxide rings is 1. The van der Waals surface area contributed by atoms with Crippen LogP contribution in [0.1, 0.15) is 0 Å². The topological polar surface area (TPSA) is 49.8 Å². The van der Waals surface area contributed by atoms with Gasteiger partial charge in [-0.15, -0.1) is 0 Å². The molecule has 0 amide bonds. The van der Waals surface area contributed by atoms with E-state index in [0.29, 0.717) is 0 Å². The normalized spacial score (nSPS) is 31.9. The maximum Gasteiger partial charge on any atom is 0.335 e. The van der Waals surface area contributed by atoms with Crippen LogP contribution in [-0.2, 0) is 9.53 Å². The molecule has 0 aromatic heterocycles. The summed E-state index contributed by atoms with van der Waals surface area (Å²) in [6.07, 6.45) is -1.75. The number of carboxylic acid groups (broad SMARTS) is 1. The maximum atomic E-state index is 10.1. The number of carbonyl (C=O) groups is 1. The molecule has 0 saturated carbocycles. The molecule has 0 spiro atoms. The highest BCUT2D eigenvalue weighted by Gasteiger charge is 2.56. The number of alkyl halides is 3. The molecule has 0 bridgehead atoms. The molecule has 0 aromatic carbocycles. The quantitative estimate of drug-likeness (QED) is 0.517. The van der Waals surface area contributed by atoms with Crippen LogP contribution in [0.25, 0.3) is 0 Å². The molecule has 1 saturated heterocycles. The molecule has 0 radical (unpaired) electrons. The van der Waals surface area contributed by atoms with Crippen molar-refractivity contribution in [3.8, 4) is 0 Å². The second-order valence-corrected chi connectivity index (χ2v) is 4.23. The van der Waals surface area contributed by atoms with Gasteiger partial charge in [0, 0.05) is 0 Å². The van der Waals surface area contributed by atoms with Crippen molar-refractivity contribution in [2.75, 3.05) is 0 Å². The zero-order valence-corrected chi connectivity index (χ0v) is 6.82. The third-order valence-electron chi connectivity index (χ3n) is 1.06. The fraction of sp³-hybridized carbons (Fsp3) is 0.750. The number of hydrogen-bond acceptors (Lipinski definition) is 2. The molecule has 2 atom stereocenters. The molecule has 2 unspecified atom stereocenters. The first-order chi connectivity index (χ1) is 4.43. The number of halogens is 3. The molecular weight excluding hydrogens is 202 g/mol. The predicted octanol–water partition coefficient (Wildman–Crippen LogP) is 1.21. The van der Waals surface area contributed by atoms with Gasteiger partial charge in [0.05, 0.1) is 0 Å². The minimum absolute atomic E-state index is 0.796. The van der Waals surface area contributed by atoms with Crippen LogP contribution in [0.2, 0.25) is 0 Å². The highest BCUT2D eigenvalue weighted by Crippen LogP contribution is 2.43. The molecule has 1 aliphatic heterocycles. The van der Waals surface area contributed by atoms with Crippen molar-refractivity contribution in [3.05, 3.63) is 0 Å². The van der Waals surface area contributed by atoms with Crippen LogP contribution < -0.4 is 0 Å². The van der Waals surface area contributed by atoms with Crippen molar-refractivity contribution < 1.29 is 14.6 Å². The average molecular weight is 205 g/mol. The molecule has 3 nitrogen and oxygen atoms in total. The van der Waals surface area contributed by atoms with Crippen LogP contribution in [0, 0.1) is 0 Å². The van der Waals surface area contributed by atoms with Gasteiger partial charge < -0.3 is 9.84 Å². The first-order valence-corrected chi connectivity index (χ1v) is 3.51. The third-order valence-corrected chi connectivity index (χ3v) is 1.70. The fourth-order valence-electron chi connectivity index (χ4n) is 0.549. The average Bonchev–Trinajstić information content (AvgIpc) is 2.35. The van der Waals surface area contributed by atoms with Crippen molar-refractivity contribution in [1.82, 2.24) is 0 Å². The number of aliphatic carboxylic acids is 1. The minimum Gasteiger partial charge on any atom is -0.479 e. The van der Waals surface area contributed by atoms with Gasteiger partial charge in [-0.3, -0.25) is 0 Å². The Kier molecular flexibility index (Phi) is 2.02. The van der Waals surface area contributed by atoms with Crippen molar-refractivity contribution in [3.63, 3.8) is 0 Å². The smallest absolute Gasteiger partial charge is 0.335 e. The summed E-state index contributed by atoms with van der Waals surface area (Å²) in [6.45, 7) is 0. The predicted molar refractivity (Wildman–Crippen MR) is 36.6 cm³/mol. The highest BCUT2D eigenvalue weighted by molar-refractivity contribution is 6.68. The van der Waals surface area contributed by atoms with Crippen molar-refractivity contribution in [2.45, 2.75) is 16.0 Å². The number of hydrogen-bond donors (Lipinski definition) is 1. The van der Waals surface area contributed by atoms with Crippen molar-refractivity contribution in [2.24, 2.45) is 0 Å². The van der Waals surface area contributed by atoms with E-state index in [4.69, 9.17) is 39.9 Å². The Bertz CT molecular complexity index is 164. The summed E-state index contributed by atoms with van der Waals surface area (Å²) in [4.78, 5) is 10.1. The summed E-state index contributed by atoms with van der Waals surface area (Å²) in [5.74, 6) is -1.10. The molecule has 10 heavy (non-hydrogen) atoms. The zero-order chi connectivity index (χ0) is 7.94. The molecule has 1 rings (SSSR count). The van der Waals surface area contributed by atoms with Crippen LogP contribution in [0.5, 0.6) is 0 Å². The summed E-state index contributed by atoms with van der Waals surface area (Å²) >= 11 is 15.9. The lowest BCUT2D eigenvalue weighted by atomic mass is 10.3. The van der Waals surface area contributed by atoms with E-state index < -0.39 is 22.0 Å². The van der Waals surface area contributed by atoms with E-state index in [2.05, 4.69) is 4.74 Å². The molecule has 6 heteroatoms. The van der Waals surface area contributed by atoms with Gasteiger partial charge in [0.15, 0.2) is 6.10 Å². The molecule has 0 aromatic rings. The number of ether oxygens (including phenoxy) is 1. The van der Waals surface area contributed by atoms with E-state index in [1.165, 1.54) is 0 Å². The van der Waals surface area contributed by atoms with Crippen LogP contribution in [-0.4, -0.2) is 27.1 Å².